The quantitative estimate of drug-likeness (QED) is 0.133. The average Bonchev–Trinajstić information content (AvgIpc) is 3.73. The molecule has 1 fully saturated rings. The van der Waals surface area contributed by atoms with Crippen molar-refractivity contribution in [1.82, 2.24) is 40.0 Å². The predicted molar refractivity (Wildman–Crippen MR) is 207 cm³/mol. The summed E-state index contributed by atoms with van der Waals surface area (Å²) >= 11 is 0. The highest BCUT2D eigenvalue weighted by Gasteiger charge is 2.39. The van der Waals surface area contributed by atoms with Gasteiger partial charge in [-0.15, -0.1) is 0 Å². The molecule has 0 bridgehead atoms. The summed E-state index contributed by atoms with van der Waals surface area (Å²) in [6.07, 6.45) is 9.50. The van der Waals surface area contributed by atoms with E-state index in [1.807, 2.05) is 42.4 Å². The normalized spacial score (nSPS) is 16.4. The first-order chi connectivity index (χ1) is 26.7. The Bertz CT molecular complexity index is 2350. The number of nitrogens with zero attached hydrogens (tertiary/aromatic N) is 6. The number of hydrogen-bond donors (Lipinski definition) is 2. The lowest BCUT2D eigenvalue weighted by Crippen LogP contribution is -2.52. The van der Waals surface area contributed by atoms with Crippen molar-refractivity contribution in [3.8, 4) is 22.5 Å². The number of pyridine rings is 2. The molecule has 13 heteroatoms. The summed E-state index contributed by atoms with van der Waals surface area (Å²) in [6, 6.07) is 17.2. The third-order valence-corrected chi connectivity index (χ3v) is 10.3. The van der Waals surface area contributed by atoms with Crippen molar-refractivity contribution < 1.29 is 24.0 Å². The number of rotatable bonds is 8. The monoisotopic (exact) mass is 738 g/mol. The van der Waals surface area contributed by atoms with Crippen LogP contribution < -0.4 is 10.6 Å². The fourth-order valence-corrected chi connectivity index (χ4v) is 7.42. The van der Waals surface area contributed by atoms with Gasteiger partial charge in [0.1, 0.15) is 11.9 Å². The topological polar surface area (TPSA) is 159 Å². The molecule has 2 N–H and O–H groups in total. The SMILES string of the molecule is CCc1nc(-c2cccc3cc(-c4ccc(C)nc4)ncc23)c2n1CCN(C(C)=O)C2.O=CNC/C=C/c1cccc2c1CN(C1CCC(=O)NC1=O)C2=O. The number of piperidine rings is 1. The Hall–Kier alpha value is -6.50. The summed E-state index contributed by atoms with van der Waals surface area (Å²) in [5.41, 5.74) is 8.33. The van der Waals surface area contributed by atoms with Gasteiger partial charge in [-0.05, 0) is 54.1 Å². The van der Waals surface area contributed by atoms with Crippen molar-refractivity contribution in [3.63, 3.8) is 0 Å². The second-order valence-electron chi connectivity index (χ2n) is 13.8. The number of imide groups is 1. The number of carbonyl (C=O) groups is 5. The van der Waals surface area contributed by atoms with Crippen molar-refractivity contribution in [2.24, 2.45) is 0 Å². The molecule has 1 atom stereocenters. The lowest BCUT2D eigenvalue weighted by atomic mass is 10.0. The van der Waals surface area contributed by atoms with Gasteiger partial charge in [0.25, 0.3) is 5.91 Å². The van der Waals surface area contributed by atoms with Gasteiger partial charge in [-0.25, -0.2) is 4.98 Å². The van der Waals surface area contributed by atoms with Crippen LogP contribution in [0, 0.1) is 6.92 Å². The molecule has 5 amide bonds. The van der Waals surface area contributed by atoms with Crippen LogP contribution in [0.2, 0.25) is 0 Å². The molecule has 55 heavy (non-hydrogen) atoms. The molecular weight excluding hydrogens is 697 g/mol. The van der Waals surface area contributed by atoms with Crippen LogP contribution in [0.1, 0.15) is 65.4 Å². The third-order valence-electron chi connectivity index (χ3n) is 10.3. The zero-order valence-electron chi connectivity index (χ0n) is 31.0. The van der Waals surface area contributed by atoms with E-state index in [1.165, 1.54) is 4.90 Å². The second kappa shape index (κ2) is 15.8. The predicted octanol–water partition coefficient (Wildman–Crippen LogP) is 4.60. The van der Waals surface area contributed by atoms with Crippen LogP contribution >= 0.6 is 0 Å². The fraction of sp³-hybridized carbons (Fsp3) is 0.286. The van der Waals surface area contributed by atoms with Gasteiger partial charge >= 0.3 is 0 Å². The minimum atomic E-state index is -0.615. The van der Waals surface area contributed by atoms with Crippen LogP contribution in [0.4, 0.5) is 0 Å². The molecule has 0 saturated carbocycles. The summed E-state index contributed by atoms with van der Waals surface area (Å²) in [5, 5.41) is 7.00. The number of aromatic nitrogens is 4. The molecule has 6 heterocycles. The van der Waals surface area contributed by atoms with E-state index < -0.39 is 11.9 Å². The summed E-state index contributed by atoms with van der Waals surface area (Å²) in [7, 11) is 0. The zero-order chi connectivity index (χ0) is 38.6. The van der Waals surface area contributed by atoms with Crippen molar-refractivity contribution in [2.45, 2.75) is 65.7 Å². The Kier molecular flexibility index (Phi) is 10.6. The van der Waals surface area contributed by atoms with Crippen molar-refractivity contribution in [1.29, 1.82) is 0 Å². The Morgan fingerprint density at radius 2 is 1.82 bits per heavy atom. The number of nitrogens with one attached hydrogen (secondary N) is 2. The van der Waals surface area contributed by atoms with Gasteiger partial charge in [-0.1, -0.05) is 49.4 Å². The number of carbonyl (C=O) groups excluding carboxylic acids is 5. The van der Waals surface area contributed by atoms with E-state index >= 15 is 0 Å². The van der Waals surface area contributed by atoms with Gasteiger partial charge < -0.3 is 19.7 Å². The van der Waals surface area contributed by atoms with Gasteiger partial charge in [0.15, 0.2) is 0 Å². The number of benzene rings is 2. The summed E-state index contributed by atoms with van der Waals surface area (Å²) in [5.74, 6) is 0.264. The average molecular weight is 739 g/mol. The molecule has 280 valence electrons. The van der Waals surface area contributed by atoms with Crippen LogP contribution in [-0.4, -0.2) is 78.5 Å². The van der Waals surface area contributed by atoms with E-state index in [-0.39, 0.29) is 24.1 Å². The highest BCUT2D eigenvalue weighted by Crippen LogP contribution is 2.35. The standard InChI is InChI=1S/C25H25N5O.C17H17N3O4/c1-4-24-28-25(23-15-29(17(3)31)10-11-30(23)24)20-7-5-6-18-12-22(27-14-21(18)20)19-9-8-16(2)26-13-19;21-10-18-8-2-4-11-3-1-5-12-13(11)9-20(17(12)24)14-6-7-15(22)19-16(14)23/h5-9,12-14H,4,10-11,15H2,1-3H3;1-5,10,14H,6-9H2,(H,18,21)(H,19,22,23)/b;4-2+. The molecule has 2 aromatic carbocycles. The molecule has 3 aliphatic heterocycles. The first-order valence-electron chi connectivity index (χ1n) is 18.4. The van der Waals surface area contributed by atoms with Gasteiger partial charge in [0.2, 0.25) is 24.1 Å². The van der Waals surface area contributed by atoms with E-state index in [1.54, 1.807) is 25.1 Å². The van der Waals surface area contributed by atoms with Crippen molar-refractivity contribution in [3.05, 3.63) is 107 Å². The van der Waals surface area contributed by atoms with Gasteiger partial charge in [-0.3, -0.25) is 39.3 Å². The Morgan fingerprint density at radius 3 is 2.56 bits per heavy atom. The van der Waals surface area contributed by atoms with E-state index in [2.05, 4.69) is 57.4 Å². The van der Waals surface area contributed by atoms with Crippen LogP contribution in [0.5, 0.6) is 0 Å². The van der Waals surface area contributed by atoms with E-state index in [9.17, 15) is 24.0 Å². The molecular formula is C42H42N8O5. The number of aryl methyl sites for hydroxylation is 2. The largest absolute Gasteiger partial charge is 0.355 e. The molecule has 1 unspecified atom stereocenters. The molecule has 5 aromatic rings. The number of amides is 5. The minimum Gasteiger partial charge on any atom is -0.355 e. The number of hydrogen-bond acceptors (Lipinski definition) is 8. The molecule has 8 rings (SSSR count). The Labute approximate surface area is 318 Å². The molecule has 3 aliphatic rings. The van der Waals surface area contributed by atoms with E-state index in [0.29, 0.717) is 38.0 Å². The minimum absolute atomic E-state index is 0.104. The molecule has 1 saturated heterocycles. The van der Waals surface area contributed by atoms with Crippen LogP contribution in [0.3, 0.4) is 0 Å². The third kappa shape index (κ3) is 7.50. The lowest BCUT2D eigenvalue weighted by molar-refractivity contribution is -0.137. The van der Waals surface area contributed by atoms with Gasteiger partial charge in [0.05, 0.1) is 23.6 Å². The van der Waals surface area contributed by atoms with Crippen molar-refractivity contribution >= 4 is 46.9 Å². The maximum absolute atomic E-state index is 12.6. The highest BCUT2D eigenvalue weighted by atomic mass is 16.2. The molecule has 0 aliphatic carbocycles. The lowest BCUT2D eigenvalue weighted by Gasteiger charge is -2.29. The van der Waals surface area contributed by atoms with Crippen LogP contribution in [-0.2, 0) is 45.2 Å². The van der Waals surface area contributed by atoms with E-state index in [4.69, 9.17) is 9.97 Å². The Balaban J connectivity index is 0.000000175. The number of imidazole rings is 1. The maximum Gasteiger partial charge on any atom is 0.255 e. The smallest absolute Gasteiger partial charge is 0.255 e. The zero-order valence-corrected chi connectivity index (χ0v) is 31.0. The maximum atomic E-state index is 12.6. The van der Waals surface area contributed by atoms with Crippen LogP contribution in [0.25, 0.3) is 39.4 Å². The van der Waals surface area contributed by atoms with Crippen molar-refractivity contribution in [2.75, 3.05) is 13.1 Å². The summed E-state index contributed by atoms with van der Waals surface area (Å²) < 4.78 is 2.29. The van der Waals surface area contributed by atoms with Gasteiger partial charge in [0, 0.05) is 86.1 Å². The first kappa shape index (κ1) is 36.8. The van der Waals surface area contributed by atoms with Crippen LogP contribution in [0.15, 0.2) is 73.1 Å². The van der Waals surface area contributed by atoms with E-state index in [0.717, 1.165) is 81.1 Å². The highest BCUT2D eigenvalue weighted by molar-refractivity contribution is 6.06. The first-order valence-corrected chi connectivity index (χ1v) is 18.4. The second-order valence-corrected chi connectivity index (χ2v) is 13.8. The Morgan fingerprint density at radius 1 is 1.00 bits per heavy atom. The van der Waals surface area contributed by atoms with Gasteiger partial charge in [-0.2, -0.15) is 0 Å². The molecule has 3 aromatic heterocycles. The number of fused-ring (bicyclic) bond motifs is 3. The molecule has 13 nitrogen and oxygen atoms in total. The summed E-state index contributed by atoms with van der Waals surface area (Å²) in [4.78, 5) is 75.8. The summed E-state index contributed by atoms with van der Waals surface area (Å²) in [6.45, 7) is 8.59. The molecule has 0 radical (unpaired) electrons. The molecule has 0 spiro atoms. The fourth-order valence-electron chi connectivity index (χ4n) is 7.42.